The number of hydrogen-bond acceptors (Lipinski definition) is 4. The van der Waals surface area contributed by atoms with Crippen molar-refractivity contribution in [2.75, 3.05) is 18.1 Å². The highest BCUT2D eigenvalue weighted by atomic mass is 35.5. The molecule has 1 aliphatic carbocycles. The summed E-state index contributed by atoms with van der Waals surface area (Å²) in [5.74, 6) is 0.0533. The van der Waals surface area contributed by atoms with Gasteiger partial charge < -0.3 is 20.9 Å². The van der Waals surface area contributed by atoms with Crippen LogP contribution in [0.1, 0.15) is 31.2 Å². The van der Waals surface area contributed by atoms with E-state index in [-0.39, 0.29) is 12.4 Å². The summed E-state index contributed by atoms with van der Waals surface area (Å²) < 4.78 is 0. The molecule has 2 rings (SSSR count). The van der Waals surface area contributed by atoms with E-state index < -0.39 is 0 Å². The first-order chi connectivity index (χ1) is 9.67. The number of anilines is 1. The summed E-state index contributed by atoms with van der Waals surface area (Å²) in [6.07, 6.45) is 4.54. The number of halogens is 1. The smallest absolute Gasteiger partial charge is 0.172 e. The second-order valence-corrected chi connectivity index (χ2v) is 5.44. The molecule has 6 heteroatoms. The van der Waals surface area contributed by atoms with Crippen molar-refractivity contribution in [1.82, 2.24) is 0 Å². The number of aliphatic hydroxyl groups excluding tert-OH is 1. The van der Waals surface area contributed by atoms with Crippen LogP contribution >= 0.6 is 11.6 Å². The number of benzene rings is 1. The maximum absolute atomic E-state index is 9.33. The molecular formula is C14H20ClN3O2. The third-order valence-electron chi connectivity index (χ3n) is 3.76. The van der Waals surface area contributed by atoms with Gasteiger partial charge in [-0.3, -0.25) is 0 Å². The van der Waals surface area contributed by atoms with Crippen LogP contribution < -0.4 is 10.6 Å². The lowest BCUT2D eigenvalue weighted by molar-refractivity contribution is 0.297. The Balaban J connectivity index is 2.42. The third kappa shape index (κ3) is 3.16. The lowest BCUT2D eigenvalue weighted by Gasteiger charge is -2.32. The van der Waals surface area contributed by atoms with Gasteiger partial charge in [0.15, 0.2) is 5.84 Å². The molecule has 0 heterocycles. The van der Waals surface area contributed by atoms with Gasteiger partial charge in [0.2, 0.25) is 0 Å². The average Bonchev–Trinajstić information content (AvgIpc) is 2.97. The summed E-state index contributed by atoms with van der Waals surface area (Å²) in [7, 11) is 0. The summed E-state index contributed by atoms with van der Waals surface area (Å²) in [4.78, 5) is 2.12. The van der Waals surface area contributed by atoms with Crippen LogP contribution in [0.3, 0.4) is 0 Å². The van der Waals surface area contributed by atoms with Crippen LogP contribution in [0.5, 0.6) is 0 Å². The average molecular weight is 298 g/mol. The zero-order chi connectivity index (χ0) is 14.5. The van der Waals surface area contributed by atoms with E-state index in [1.54, 1.807) is 12.1 Å². The van der Waals surface area contributed by atoms with E-state index in [2.05, 4.69) is 10.1 Å². The molecule has 1 aromatic carbocycles. The van der Waals surface area contributed by atoms with Crippen molar-refractivity contribution in [2.24, 2.45) is 10.9 Å². The first-order valence-electron chi connectivity index (χ1n) is 6.82. The summed E-state index contributed by atoms with van der Waals surface area (Å²) >= 11 is 6.08. The van der Waals surface area contributed by atoms with Gasteiger partial charge >= 0.3 is 0 Å². The van der Waals surface area contributed by atoms with E-state index in [0.717, 1.165) is 18.5 Å². The first-order valence-corrected chi connectivity index (χ1v) is 7.20. The van der Waals surface area contributed by atoms with Gasteiger partial charge in [0.1, 0.15) is 0 Å². The number of nitrogens with two attached hydrogens (primary N) is 1. The quantitative estimate of drug-likeness (QED) is 0.337. The molecule has 20 heavy (non-hydrogen) atoms. The second-order valence-electron chi connectivity index (χ2n) is 5.00. The molecule has 0 amide bonds. The topological polar surface area (TPSA) is 82.1 Å². The summed E-state index contributed by atoms with van der Waals surface area (Å²) in [5, 5.41) is 21.9. The molecule has 0 atom stereocenters. The number of aliphatic hydroxyl groups is 1. The third-order valence-corrected chi connectivity index (χ3v) is 3.99. The van der Waals surface area contributed by atoms with Gasteiger partial charge in [-0.2, -0.15) is 0 Å². The normalized spacial score (nSPS) is 16.6. The maximum Gasteiger partial charge on any atom is 0.172 e. The lowest BCUT2D eigenvalue weighted by Crippen LogP contribution is -2.37. The summed E-state index contributed by atoms with van der Waals surface area (Å²) in [6, 6.07) is 5.63. The standard InChI is InChI=1S/C14H20ClN3O2/c15-10-5-6-12(14(16)17-20)13(9-10)18(7-8-19)11-3-1-2-4-11/h5-6,9,11,19-20H,1-4,7-8H2,(H2,16,17). The molecule has 1 aliphatic rings. The highest BCUT2D eigenvalue weighted by Crippen LogP contribution is 2.32. The fraction of sp³-hybridized carbons (Fsp3) is 0.500. The number of nitrogens with zero attached hydrogens (tertiary/aromatic N) is 2. The van der Waals surface area contributed by atoms with Gasteiger partial charge in [-0.1, -0.05) is 29.6 Å². The van der Waals surface area contributed by atoms with Crippen LogP contribution in [0.4, 0.5) is 5.69 Å². The fourth-order valence-electron chi connectivity index (χ4n) is 2.84. The van der Waals surface area contributed by atoms with E-state index in [1.807, 2.05) is 6.07 Å². The molecule has 0 unspecified atom stereocenters. The molecule has 0 aromatic heterocycles. The molecule has 0 saturated heterocycles. The molecule has 0 bridgehead atoms. The molecule has 1 aromatic rings. The molecule has 5 nitrogen and oxygen atoms in total. The molecule has 1 fully saturated rings. The summed E-state index contributed by atoms with van der Waals surface area (Å²) in [5.41, 5.74) is 7.20. The van der Waals surface area contributed by atoms with Crippen LogP contribution in [0.15, 0.2) is 23.4 Å². The predicted octanol–water partition coefficient (Wildman–Crippen LogP) is 2.18. The predicted molar refractivity (Wildman–Crippen MR) is 80.7 cm³/mol. The highest BCUT2D eigenvalue weighted by molar-refractivity contribution is 6.31. The van der Waals surface area contributed by atoms with Crippen molar-refractivity contribution in [2.45, 2.75) is 31.7 Å². The van der Waals surface area contributed by atoms with Crippen molar-refractivity contribution in [1.29, 1.82) is 0 Å². The Morgan fingerprint density at radius 3 is 2.70 bits per heavy atom. The van der Waals surface area contributed by atoms with E-state index in [4.69, 9.17) is 22.5 Å². The Bertz CT molecular complexity index is 487. The van der Waals surface area contributed by atoms with Gasteiger partial charge in [-0.15, -0.1) is 0 Å². The molecule has 110 valence electrons. The van der Waals surface area contributed by atoms with Gasteiger partial charge in [-0.05, 0) is 31.0 Å². The molecule has 0 spiro atoms. The first kappa shape index (κ1) is 14.9. The largest absolute Gasteiger partial charge is 0.409 e. The Kier molecular flexibility index (Phi) is 5.09. The zero-order valence-corrected chi connectivity index (χ0v) is 12.1. The Hall–Kier alpha value is -1.46. The Morgan fingerprint density at radius 2 is 2.10 bits per heavy atom. The molecular weight excluding hydrogens is 278 g/mol. The van der Waals surface area contributed by atoms with E-state index in [9.17, 15) is 5.11 Å². The molecule has 1 saturated carbocycles. The SMILES string of the molecule is NC(=NO)c1ccc(Cl)cc1N(CCO)C1CCCC1. The zero-order valence-electron chi connectivity index (χ0n) is 11.3. The van der Waals surface area contributed by atoms with Crippen molar-refractivity contribution >= 4 is 23.1 Å². The Morgan fingerprint density at radius 1 is 1.40 bits per heavy atom. The molecule has 4 N–H and O–H groups in total. The van der Waals surface area contributed by atoms with Gasteiger partial charge in [0.25, 0.3) is 0 Å². The van der Waals surface area contributed by atoms with Crippen LogP contribution in [-0.4, -0.2) is 35.3 Å². The van der Waals surface area contributed by atoms with Crippen LogP contribution in [0.2, 0.25) is 5.02 Å². The fourth-order valence-corrected chi connectivity index (χ4v) is 3.00. The minimum Gasteiger partial charge on any atom is -0.409 e. The van der Waals surface area contributed by atoms with Gasteiger partial charge in [0.05, 0.1) is 6.61 Å². The minimum atomic E-state index is 0.0533. The number of amidine groups is 1. The van der Waals surface area contributed by atoms with Crippen molar-refractivity contribution in [3.63, 3.8) is 0 Å². The van der Waals surface area contributed by atoms with Crippen LogP contribution in [0, 0.1) is 0 Å². The van der Waals surface area contributed by atoms with E-state index in [0.29, 0.717) is 23.2 Å². The molecule has 0 aliphatic heterocycles. The number of hydrogen-bond donors (Lipinski definition) is 3. The molecule has 0 radical (unpaired) electrons. The Labute approximate surface area is 123 Å². The van der Waals surface area contributed by atoms with E-state index >= 15 is 0 Å². The van der Waals surface area contributed by atoms with Gasteiger partial charge in [-0.25, -0.2) is 0 Å². The second kappa shape index (κ2) is 6.81. The monoisotopic (exact) mass is 297 g/mol. The summed E-state index contributed by atoms with van der Waals surface area (Å²) in [6.45, 7) is 0.565. The van der Waals surface area contributed by atoms with Crippen LogP contribution in [-0.2, 0) is 0 Å². The van der Waals surface area contributed by atoms with E-state index in [1.165, 1.54) is 12.8 Å². The minimum absolute atomic E-state index is 0.0533. The lowest BCUT2D eigenvalue weighted by atomic mass is 10.1. The van der Waals surface area contributed by atoms with Crippen molar-refractivity contribution in [3.8, 4) is 0 Å². The van der Waals surface area contributed by atoms with Crippen molar-refractivity contribution < 1.29 is 10.3 Å². The maximum atomic E-state index is 9.33. The van der Waals surface area contributed by atoms with Crippen molar-refractivity contribution in [3.05, 3.63) is 28.8 Å². The van der Waals surface area contributed by atoms with Crippen LogP contribution in [0.25, 0.3) is 0 Å². The van der Waals surface area contributed by atoms with Gasteiger partial charge in [0, 0.05) is 28.9 Å². The highest BCUT2D eigenvalue weighted by Gasteiger charge is 2.25. The number of rotatable bonds is 5. The number of oxime groups is 1.